The lowest BCUT2D eigenvalue weighted by Crippen LogP contribution is -2.12. The van der Waals surface area contributed by atoms with Gasteiger partial charge in [0.25, 0.3) is 5.56 Å². The zero-order valence-electron chi connectivity index (χ0n) is 11.8. The third kappa shape index (κ3) is 2.68. The van der Waals surface area contributed by atoms with Crippen LogP contribution in [0.25, 0.3) is 11.0 Å². The lowest BCUT2D eigenvalue weighted by Gasteiger charge is -2.10. The smallest absolute Gasteiger partial charge is 0.269 e. The topological polar surface area (TPSA) is 75.2 Å². The Morgan fingerprint density at radius 3 is 2.68 bits per heavy atom. The molecule has 1 aromatic heterocycles. The molecule has 0 saturated carbocycles. The number of aryl methyl sites for hydroxylation is 1. The van der Waals surface area contributed by atoms with E-state index in [0.717, 1.165) is 0 Å². The van der Waals surface area contributed by atoms with E-state index in [1.54, 1.807) is 19.1 Å². The van der Waals surface area contributed by atoms with Gasteiger partial charge < -0.3 is 14.8 Å². The van der Waals surface area contributed by atoms with Crippen molar-refractivity contribution in [2.45, 2.75) is 13.5 Å². The fourth-order valence-electron chi connectivity index (χ4n) is 2.11. The number of benzene rings is 2. The summed E-state index contributed by atoms with van der Waals surface area (Å²) in [7, 11) is 0. The van der Waals surface area contributed by atoms with Gasteiger partial charge in [0.1, 0.15) is 22.8 Å². The first-order valence-corrected chi connectivity index (χ1v) is 6.64. The van der Waals surface area contributed by atoms with Crippen molar-refractivity contribution in [3.05, 3.63) is 63.8 Å². The van der Waals surface area contributed by atoms with Crippen LogP contribution in [0.3, 0.4) is 0 Å². The molecule has 22 heavy (non-hydrogen) atoms. The van der Waals surface area contributed by atoms with Gasteiger partial charge in [0.15, 0.2) is 5.75 Å². The van der Waals surface area contributed by atoms with Crippen molar-refractivity contribution in [2.24, 2.45) is 0 Å². The van der Waals surface area contributed by atoms with E-state index in [1.807, 2.05) is 0 Å². The third-order valence-corrected chi connectivity index (χ3v) is 3.22. The highest BCUT2D eigenvalue weighted by Gasteiger charge is 2.10. The largest absolute Gasteiger partial charge is 0.455 e. The molecule has 0 aliphatic heterocycles. The van der Waals surface area contributed by atoms with Gasteiger partial charge in [0.2, 0.25) is 0 Å². The average Bonchev–Trinajstić information content (AvgIpc) is 2.51. The van der Waals surface area contributed by atoms with Gasteiger partial charge in [0, 0.05) is 0 Å². The van der Waals surface area contributed by atoms with Gasteiger partial charge >= 0.3 is 0 Å². The molecule has 1 heterocycles. The van der Waals surface area contributed by atoms with Crippen LogP contribution < -0.4 is 10.3 Å². The number of aliphatic hydroxyl groups is 1. The summed E-state index contributed by atoms with van der Waals surface area (Å²) in [6, 6.07) is 8.83. The summed E-state index contributed by atoms with van der Waals surface area (Å²) in [6.07, 6.45) is 0. The standard InChI is InChI=1S/C16H13FN2O3/c1-9-16(21)19-13-6-10(8-20)7-14(15(13)18-9)22-12-4-2-11(17)3-5-12/h2-7,20H,8H2,1H3,(H,19,21). The molecule has 2 N–H and O–H groups in total. The number of halogens is 1. The fourth-order valence-corrected chi connectivity index (χ4v) is 2.11. The highest BCUT2D eigenvalue weighted by Crippen LogP contribution is 2.29. The van der Waals surface area contributed by atoms with Crippen LogP contribution in [0.4, 0.5) is 4.39 Å². The van der Waals surface area contributed by atoms with E-state index in [0.29, 0.717) is 33.8 Å². The molecule has 0 amide bonds. The van der Waals surface area contributed by atoms with Crippen LogP contribution in [-0.4, -0.2) is 15.1 Å². The highest BCUT2D eigenvalue weighted by atomic mass is 19.1. The SMILES string of the molecule is Cc1nc2c(Oc3ccc(F)cc3)cc(CO)cc2[nH]c1=O. The zero-order valence-corrected chi connectivity index (χ0v) is 11.8. The monoisotopic (exact) mass is 300 g/mol. The summed E-state index contributed by atoms with van der Waals surface area (Å²) >= 11 is 0. The Bertz CT molecular complexity index is 888. The molecule has 0 spiro atoms. The zero-order chi connectivity index (χ0) is 15.7. The Kier molecular flexibility index (Phi) is 3.60. The number of H-pyrrole nitrogens is 1. The lowest BCUT2D eigenvalue weighted by molar-refractivity contribution is 0.281. The highest BCUT2D eigenvalue weighted by molar-refractivity contribution is 5.82. The van der Waals surface area contributed by atoms with Crippen molar-refractivity contribution < 1.29 is 14.2 Å². The van der Waals surface area contributed by atoms with E-state index in [2.05, 4.69) is 9.97 Å². The van der Waals surface area contributed by atoms with E-state index >= 15 is 0 Å². The van der Waals surface area contributed by atoms with Crippen LogP contribution in [0.2, 0.25) is 0 Å². The maximum Gasteiger partial charge on any atom is 0.269 e. The summed E-state index contributed by atoms with van der Waals surface area (Å²) < 4.78 is 18.7. The first kappa shape index (κ1) is 14.2. The number of ether oxygens (including phenoxy) is 1. The van der Waals surface area contributed by atoms with Crippen LogP contribution in [-0.2, 0) is 6.61 Å². The molecule has 0 fully saturated rings. The fraction of sp³-hybridized carbons (Fsp3) is 0.125. The molecule has 5 nitrogen and oxygen atoms in total. The molecular formula is C16H13FN2O3. The van der Waals surface area contributed by atoms with E-state index in [1.165, 1.54) is 24.3 Å². The van der Waals surface area contributed by atoms with Crippen molar-refractivity contribution in [3.8, 4) is 11.5 Å². The van der Waals surface area contributed by atoms with E-state index in [4.69, 9.17) is 4.74 Å². The summed E-state index contributed by atoms with van der Waals surface area (Å²) in [5.74, 6) is 0.454. The Morgan fingerprint density at radius 1 is 1.27 bits per heavy atom. The lowest BCUT2D eigenvalue weighted by atomic mass is 10.2. The number of aromatic amines is 1. The van der Waals surface area contributed by atoms with Gasteiger partial charge in [-0.3, -0.25) is 4.79 Å². The van der Waals surface area contributed by atoms with Crippen molar-refractivity contribution in [1.29, 1.82) is 0 Å². The second-order valence-electron chi connectivity index (χ2n) is 4.86. The number of hydrogen-bond acceptors (Lipinski definition) is 4. The molecule has 0 atom stereocenters. The molecule has 3 aromatic rings. The number of rotatable bonds is 3. The first-order valence-electron chi connectivity index (χ1n) is 6.64. The molecule has 0 aliphatic carbocycles. The number of nitrogens with zero attached hydrogens (tertiary/aromatic N) is 1. The minimum absolute atomic E-state index is 0.203. The number of aromatic nitrogens is 2. The Balaban J connectivity index is 2.15. The van der Waals surface area contributed by atoms with Gasteiger partial charge in [-0.2, -0.15) is 0 Å². The second-order valence-corrected chi connectivity index (χ2v) is 4.86. The summed E-state index contributed by atoms with van der Waals surface area (Å²) in [4.78, 5) is 18.6. The molecular weight excluding hydrogens is 287 g/mol. The van der Waals surface area contributed by atoms with Crippen molar-refractivity contribution in [3.63, 3.8) is 0 Å². The minimum Gasteiger partial charge on any atom is -0.455 e. The molecule has 6 heteroatoms. The van der Waals surface area contributed by atoms with Crippen LogP contribution in [0.1, 0.15) is 11.3 Å². The predicted octanol–water partition coefficient (Wildman–Crippen LogP) is 2.66. The van der Waals surface area contributed by atoms with Crippen LogP contribution in [0.5, 0.6) is 11.5 Å². The van der Waals surface area contributed by atoms with Crippen LogP contribution >= 0.6 is 0 Å². The number of nitrogens with one attached hydrogen (secondary N) is 1. The number of aliphatic hydroxyl groups excluding tert-OH is 1. The molecule has 3 rings (SSSR count). The average molecular weight is 300 g/mol. The van der Waals surface area contributed by atoms with Crippen molar-refractivity contribution in [2.75, 3.05) is 0 Å². The Morgan fingerprint density at radius 2 is 2.00 bits per heavy atom. The predicted molar refractivity (Wildman–Crippen MR) is 79.5 cm³/mol. The quantitative estimate of drug-likeness (QED) is 0.779. The molecule has 0 unspecified atom stereocenters. The summed E-state index contributed by atoms with van der Waals surface area (Å²) in [5.41, 5.74) is 1.53. The van der Waals surface area contributed by atoms with Gasteiger partial charge in [0.05, 0.1) is 12.1 Å². The second kappa shape index (κ2) is 5.57. The maximum atomic E-state index is 13.0. The van der Waals surface area contributed by atoms with Crippen LogP contribution in [0, 0.1) is 12.7 Å². The molecule has 0 radical (unpaired) electrons. The van der Waals surface area contributed by atoms with E-state index in [-0.39, 0.29) is 18.0 Å². The molecule has 112 valence electrons. The van der Waals surface area contributed by atoms with Crippen molar-refractivity contribution in [1.82, 2.24) is 9.97 Å². The Hall–Kier alpha value is -2.73. The molecule has 0 bridgehead atoms. The summed E-state index contributed by atoms with van der Waals surface area (Å²) in [6.45, 7) is 1.39. The minimum atomic E-state index is -0.361. The van der Waals surface area contributed by atoms with Gasteiger partial charge in [-0.1, -0.05) is 0 Å². The molecule has 0 saturated heterocycles. The first-order chi connectivity index (χ1) is 10.6. The number of hydrogen-bond donors (Lipinski definition) is 2. The van der Waals surface area contributed by atoms with Gasteiger partial charge in [-0.05, 0) is 48.9 Å². The van der Waals surface area contributed by atoms with Gasteiger partial charge in [-0.15, -0.1) is 0 Å². The third-order valence-electron chi connectivity index (χ3n) is 3.22. The van der Waals surface area contributed by atoms with E-state index in [9.17, 15) is 14.3 Å². The molecule has 0 aliphatic rings. The molecule has 2 aromatic carbocycles. The van der Waals surface area contributed by atoms with Crippen molar-refractivity contribution >= 4 is 11.0 Å². The normalized spacial score (nSPS) is 10.9. The van der Waals surface area contributed by atoms with E-state index < -0.39 is 0 Å². The van der Waals surface area contributed by atoms with Crippen LogP contribution in [0.15, 0.2) is 41.2 Å². The Labute approximate surface area is 125 Å². The maximum absolute atomic E-state index is 13.0. The summed E-state index contributed by atoms with van der Waals surface area (Å²) in [5, 5.41) is 9.33. The van der Waals surface area contributed by atoms with Gasteiger partial charge in [-0.25, -0.2) is 9.37 Å². The number of fused-ring (bicyclic) bond motifs is 1.